The van der Waals surface area contributed by atoms with Crippen molar-refractivity contribution < 1.29 is 33.8 Å². The Balaban J connectivity index is 2.66. The van der Waals surface area contributed by atoms with Crippen molar-refractivity contribution in [2.24, 2.45) is 5.92 Å². The van der Waals surface area contributed by atoms with Crippen molar-refractivity contribution in [1.29, 1.82) is 0 Å². The Morgan fingerprint density at radius 2 is 1.51 bits per heavy atom. The maximum absolute atomic E-state index is 14.6. The number of aryl methyl sites for hydroxylation is 1. The van der Waals surface area contributed by atoms with Crippen molar-refractivity contribution in [1.82, 2.24) is 15.5 Å². The second kappa shape index (κ2) is 17.2. The highest BCUT2D eigenvalue weighted by atomic mass is 16.6. The van der Waals surface area contributed by atoms with Crippen LogP contribution < -0.4 is 10.6 Å². The number of rotatable bonds is 14. The minimum absolute atomic E-state index is 0.0409. The summed E-state index contributed by atoms with van der Waals surface area (Å²) in [5, 5.41) is 16.0. The monoisotopic (exact) mass is 653 g/mol. The molecule has 10 nitrogen and oxygen atoms in total. The van der Waals surface area contributed by atoms with Crippen LogP contribution in [-0.2, 0) is 30.3 Å². The first kappa shape index (κ1) is 39.1. The van der Waals surface area contributed by atoms with Crippen molar-refractivity contribution in [2.45, 2.75) is 124 Å². The lowest BCUT2D eigenvalue weighted by atomic mass is 9.94. The van der Waals surface area contributed by atoms with E-state index < -0.39 is 53.2 Å². The van der Waals surface area contributed by atoms with Gasteiger partial charge in [-0.15, -0.1) is 0 Å². The standard InChI is InChI=1S/C37H55N3O7/c1-11-13-21-40(33(43)30(24(3)12-2)39-35(45)47-37(8,9)10)31(27-19-20-29(41)25(4)22-27)32(42)38-28(34(44)46-36(5,6)7)23-26-17-15-14-16-18-26/h14-20,22,24,28,30-31,41H,11-13,21,23H2,1-10H3,(H,38,42)(H,39,45). The molecule has 0 saturated carbocycles. The van der Waals surface area contributed by atoms with Crippen molar-refractivity contribution in [2.75, 3.05) is 6.54 Å². The van der Waals surface area contributed by atoms with Crippen molar-refractivity contribution >= 4 is 23.9 Å². The Bertz CT molecular complexity index is 1350. The Hall–Kier alpha value is -4.08. The zero-order valence-corrected chi connectivity index (χ0v) is 29.8. The minimum atomic E-state index is -1.19. The summed E-state index contributed by atoms with van der Waals surface area (Å²) in [6.45, 7) is 18.1. The summed E-state index contributed by atoms with van der Waals surface area (Å²) in [5.74, 6) is -1.91. The van der Waals surface area contributed by atoms with Crippen molar-refractivity contribution in [3.05, 3.63) is 65.2 Å². The maximum atomic E-state index is 14.6. The molecule has 2 rings (SSSR count). The third kappa shape index (κ3) is 12.6. The summed E-state index contributed by atoms with van der Waals surface area (Å²) in [7, 11) is 0. The van der Waals surface area contributed by atoms with Gasteiger partial charge in [-0.25, -0.2) is 9.59 Å². The number of alkyl carbamates (subject to hydrolysis) is 1. The highest BCUT2D eigenvalue weighted by molar-refractivity contribution is 5.94. The molecule has 0 aliphatic rings. The van der Waals surface area contributed by atoms with Crippen LogP contribution in [0.15, 0.2) is 48.5 Å². The number of hydrogen-bond donors (Lipinski definition) is 3. The number of hydrogen-bond acceptors (Lipinski definition) is 7. The number of nitrogens with one attached hydrogen (secondary N) is 2. The average Bonchev–Trinajstić information content (AvgIpc) is 2.97. The van der Waals surface area contributed by atoms with Gasteiger partial charge in [0.1, 0.15) is 35.1 Å². The van der Waals surface area contributed by atoms with E-state index in [2.05, 4.69) is 10.6 Å². The predicted octanol–water partition coefficient (Wildman–Crippen LogP) is 6.38. The number of phenols is 1. The van der Waals surface area contributed by atoms with Gasteiger partial charge >= 0.3 is 12.1 Å². The van der Waals surface area contributed by atoms with E-state index in [4.69, 9.17) is 9.47 Å². The minimum Gasteiger partial charge on any atom is -0.508 e. The summed E-state index contributed by atoms with van der Waals surface area (Å²) >= 11 is 0. The van der Waals surface area contributed by atoms with Gasteiger partial charge in [-0.1, -0.05) is 70.0 Å². The van der Waals surface area contributed by atoms with E-state index >= 15 is 0 Å². The van der Waals surface area contributed by atoms with E-state index in [0.717, 1.165) is 12.0 Å². The number of aromatic hydroxyl groups is 1. The molecule has 0 heterocycles. The highest BCUT2D eigenvalue weighted by Gasteiger charge is 2.39. The Labute approximate surface area is 280 Å². The molecule has 0 fully saturated rings. The number of esters is 1. The van der Waals surface area contributed by atoms with Gasteiger partial charge < -0.3 is 30.1 Å². The molecule has 3 amide bonds. The van der Waals surface area contributed by atoms with E-state index in [-0.39, 0.29) is 24.6 Å². The number of unbranched alkanes of at least 4 members (excludes halogenated alkanes) is 1. The van der Waals surface area contributed by atoms with Crippen LogP contribution >= 0.6 is 0 Å². The van der Waals surface area contributed by atoms with E-state index in [1.165, 1.54) is 11.0 Å². The maximum Gasteiger partial charge on any atom is 0.408 e. The number of ether oxygens (including phenoxy) is 2. The molecular weight excluding hydrogens is 598 g/mol. The van der Waals surface area contributed by atoms with Gasteiger partial charge in [0, 0.05) is 13.0 Å². The molecule has 10 heteroatoms. The second-order valence-corrected chi connectivity index (χ2v) is 14.1. The normalized spacial score (nSPS) is 14.3. The van der Waals surface area contributed by atoms with E-state index in [9.17, 15) is 24.3 Å². The van der Waals surface area contributed by atoms with Crippen LogP contribution in [0.3, 0.4) is 0 Å². The molecule has 260 valence electrons. The van der Waals surface area contributed by atoms with Crippen molar-refractivity contribution in [3.8, 4) is 5.75 Å². The van der Waals surface area contributed by atoms with Crippen LogP contribution in [-0.4, -0.2) is 63.7 Å². The van der Waals surface area contributed by atoms with Crippen LogP contribution in [0.5, 0.6) is 5.75 Å². The SMILES string of the molecule is CCCCN(C(=O)C(NC(=O)OC(C)(C)C)C(C)CC)C(C(=O)NC(Cc1ccccc1)C(=O)OC(C)(C)C)c1ccc(O)c(C)c1. The lowest BCUT2D eigenvalue weighted by molar-refractivity contribution is -0.159. The molecule has 4 unspecified atom stereocenters. The highest BCUT2D eigenvalue weighted by Crippen LogP contribution is 2.29. The number of amides is 3. The van der Waals surface area contributed by atoms with Crippen LogP contribution in [0.1, 0.15) is 104 Å². The van der Waals surface area contributed by atoms with Gasteiger partial charge in [-0.2, -0.15) is 0 Å². The summed E-state index contributed by atoms with van der Waals surface area (Å²) in [5.41, 5.74) is 0.199. The van der Waals surface area contributed by atoms with Crippen LogP contribution in [0.4, 0.5) is 4.79 Å². The molecule has 2 aromatic rings. The zero-order chi connectivity index (χ0) is 35.5. The molecule has 47 heavy (non-hydrogen) atoms. The fourth-order valence-electron chi connectivity index (χ4n) is 4.98. The molecular formula is C37H55N3O7. The number of carbonyl (C=O) groups excluding carboxylic acids is 4. The third-order valence-corrected chi connectivity index (χ3v) is 7.57. The van der Waals surface area contributed by atoms with E-state index in [0.29, 0.717) is 24.0 Å². The first-order valence-corrected chi connectivity index (χ1v) is 16.5. The second-order valence-electron chi connectivity index (χ2n) is 14.1. The molecule has 2 aromatic carbocycles. The predicted molar refractivity (Wildman–Crippen MR) is 183 cm³/mol. The van der Waals surface area contributed by atoms with E-state index in [1.807, 2.05) is 51.1 Å². The summed E-state index contributed by atoms with van der Waals surface area (Å²) in [4.78, 5) is 56.9. The molecule has 4 atom stereocenters. The summed E-state index contributed by atoms with van der Waals surface area (Å²) in [6, 6.07) is 10.8. The Morgan fingerprint density at radius 1 is 0.894 bits per heavy atom. The number of carbonyl (C=O) groups is 4. The van der Waals surface area contributed by atoms with Crippen LogP contribution in [0.25, 0.3) is 0 Å². The van der Waals surface area contributed by atoms with E-state index in [1.54, 1.807) is 60.6 Å². The molecule has 0 aliphatic carbocycles. The van der Waals surface area contributed by atoms with Gasteiger partial charge in [-0.3, -0.25) is 9.59 Å². The third-order valence-electron chi connectivity index (χ3n) is 7.57. The number of benzene rings is 2. The largest absolute Gasteiger partial charge is 0.508 e. The molecule has 0 aliphatic heterocycles. The molecule has 3 N–H and O–H groups in total. The molecule has 0 spiro atoms. The first-order chi connectivity index (χ1) is 21.9. The topological polar surface area (TPSA) is 134 Å². The fourth-order valence-corrected chi connectivity index (χ4v) is 4.98. The molecule has 0 saturated heterocycles. The summed E-state index contributed by atoms with van der Waals surface area (Å²) in [6.07, 6.45) is 1.31. The zero-order valence-electron chi connectivity index (χ0n) is 29.8. The molecule has 0 bridgehead atoms. The lowest BCUT2D eigenvalue weighted by Gasteiger charge is -2.37. The fraction of sp³-hybridized carbons (Fsp3) is 0.568. The van der Waals surface area contributed by atoms with Crippen LogP contribution in [0.2, 0.25) is 0 Å². The summed E-state index contributed by atoms with van der Waals surface area (Å²) < 4.78 is 11.2. The average molecular weight is 654 g/mol. The number of nitrogens with zero attached hydrogens (tertiary/aromatic N) is 1. The van der Waals surface area contributed by atoms with Crippen molar-refractivity contribution in [3.63, 3.8) is 0 Å². The van der Waals surface area contributed by atoms with Gasteiger partial charge in [0.05, 0.1) is 0 Å². The van der Waals surface area contributed by atoms with Gasteiger partial charge in [-0.05, 0) is 89.6 Å². The first-order valence-electron chi connectivity index (χ1n) is 16.5. The number of phenolic OH excluding ortho intramolecular Hbond substituents is 1. The smallest absolute Gasteiger partial charge is 0.408 e. The van der Waals surface area contributed by atoms with Crippen LogP contribution in [0, 0.1) is 12.8 Å². The molecule has 0 radical (unpaired) electrons. The van der Waals surface area contributed by atoms with Gasteiger partial charge in [0.2, 0.25) is 11.8 Å². The van der Waals surface area contributed by atoms with Gasteiger partial charge in [0.25, 0.3) is 0 Å². The Morgan fingerprint density at radius 3 is 2.04 bits per heavy atom. The molecule has 0 aromatic heterocycles. The Kier molecular flexibility index (Phi) is 14.3. The van der Waals surface area contributed by atoms with Gasteiger partial charge in [0.15, 0.2) is 0 Å². The quantitative estimate of drug-likeness (QED) is 0.202. The lowest BCUT2D eigenvalue weighted by Crippen LogP contribution is -2.56.